The van der Waals surface area contributed by atoms with Crippen LogP contribution < -0.4 is 9.47 Å². The molecule has 0 radical (unpaired) electrons. The molecule has 0 spiro atoms. The third-order valence-electron chi connectivity index (χ3n) is 6.56. The van der Waals surface area contributed by atoms with Crippen LogP contribution in [0.1, 0.15) is 36.8 Å². The minimum absolute atomic E-state index is 0.204. The first-order valence-corrected chi connectivity index (χ1v) is 11.8. The molecule has 178 valence electrons. The first kappa shape index (κ1) is 22.7. The summed E-state index contributed by atoms with van der Waals surface area (Å²) in [6, 6.07) is 16.7. The van der Waals surface area contributed by atoms with Gasteiger partial charge in [0.2, 0.25) is 0 Å². The minimum Gasteiger partial charge on any atom is -0.489 e. The third-order valence-corrected chi connectivity index (χ3v) is 6.81. The molecule has 0 N–H and O–H groups in total. The molecular formula is C25H27ClN4O4. The van der Waals surface area contributed by atoms with Gasteiger partial charge in [0, 0.05) is 16.6 Å². The Morgan fingerprint density at radius 1 is 1.18 bits per heavy atom. The number of nitrogens with zero attached hydrogens (tertiary/aromatic N) is 4. The van der Waals surface area contributed by atoms with Gasteiger partial charge in [-0.15, -0.1) is 0 Å². The maximum atomic E-state index is 10.9. The summed E-state index contributed by atoms with van der Waals surface area (Å²) in [5, 5.41) is 11.6. The number of halogens is 1. The van der Waals surface area contributed by atoms with Crippen molar-refractivity contribution in [3.8, 4) is 11.8 Å². The van der Waals surface area contributed by atoms with E-state index in [1.807, 2.05) is 31.2 Å². The highest BCUT2D eigenvalue weighted by molar-refractivity contribution is 6.30. The number of piperidine rings is 1. The van der Waals surface area contributed by atoms with Crippen molar-refractivity contribution >= 4 is 17.4 Å². The molecule has 0 amide bonds. The normalized spacial score (nSPS) is 20.6. The van der Waals surface area contributed by atoms with Crippen molar-refractivity contribution in [3.05, 3.63) is 81.0 Å². The second-order valence-corrected chi connectivity index (χ2v) is 9.79. The molecule has 2 aliphatic rings. The van der Waals surface area contributed by atoms with Crippen molar-refractivity contribution in [1.82, 2.24) is 14.5 Å². The number of fused-ring (bicyclic) bond motifs is 1. The summed E-state index contributed by atoms with van der Waals surface area (Å²) in [5.74, 6) is 1.13. The Balaban J connectivity index is 1.10. The van der Waals surface area contributed by atoms with Crippen LogP contribution in [0.2, 0.25) is 5.02 Å². The Labute approximate surface area is 203 Å². The maximum absolute atomic E-state index is 10.9. The van der Waals surface area contributed by atoms with Crippen LogP contribution in [0.25, 0.3) is 0 Å². The molecule has 5 rings (SSSR count). The largest absolute Gasteiger partial charge is 0.489 e. The molecular weight excluding hydrogens is 456 g/mol. The SMILES string of the molecule is CC1(COc2ccc(C3CCN(Cc4ccc(Cl)cc4)CC3)cc2)Cn2cc([N+](=O)[O-])nc2O1. The van der Waals surface area contributed by atoms with E-state index in [0.29, 0.717) is 19.1 Å². The van der Waals surface area contributed by atoms with E-state index >= 15 is 0 Å². The number of likely N-dealkylation sites (tertiary alicyclic amines) is 1. The Bertz CT molecular complexity index is 1130. The second kappa shape index (κ2) is 9.27. The number of nitro groups is 1. The number of benzene rings is 2. The standard InChI is InChI=1S/C25H27ClN4O4/c1-25(16-29-15-23(30(31)32)27-24(29)34-25)17-33-22-8-4-19(5-9-22)20-10-12-28(13-11-20)14-18-2-6-21(26)7-3-18/h2-9,15,20H,10-14,16-17H2,1H3. The smallest absolute Gasteiger partial charge is 0.415 e. The number of ether oxygens (including phenoxy) is 2. The van der Waals surface area contributed by atoms with Crippen molar-refractivity contribution in [2.45, 2.75) is 44.4 Å². The molecule has 0 saturated carbocycles. The number of hydrogen-bond acceptors (Lipinski definition) is 6. The van der Waals surface area contributed by atoms with Crippen molar-refractivity contribution < 1.29 is 14.4 Å². The van der Waals surface area contributed by atoms with E-state index in [1.54, 1.807) is 4.57 Å². The molecule has 0 aliphatic carbocycles. The highest BCUT2D eigenvalue weighted by Crippen LogP contribution is 2.33. The average Bonchev–Trinajstić information content (AvgIpc) is 3.36. The van der Waals surface area contributed by atoms with Crippen LogP contribution in [0, 0.1) is 10.1 Å². The van der Waals surface area contributed by atoms with Crippen molar-refractivity contribution in [2.75, 3.05) is 19.7 Å². The van der Waals surface area contributed by atoms with E-state index in [-0.39, 0.29) is 11.8 Å². The zero-order valence-corrected chi connectivity index (χ0v) is 19.8. The highest BCUT2D eigenvalue weighted by Gasteiger charge is 2.41. The van der Waals surface area contributed by atoms with Crippen molar-refractivity contribution in [3.63, 3.8) is 0 Å². The molecule has 0 bridgehead atoms. The predicted octanol–water partition coefficient (Wildman–Crippen LogP) is 5.05. The molecule has 8 nitrogen and oxygen atoms in total. The highest BCUT2D eigenvalue weighted by atomic mass is 35.5. The van der Waals surface area contributed by atoms with Gasteiger partial charge in [0.05, 0.1) is 6.54 Å². The molecule has 3 heterocycles. The molecule has 1 unspecified atom stereocenters. The van der Waals surface area contributed by atoms with Crippen LogP contribution in [0.3, 0.4) is 0 Å². The van der Waals surface area contributed by atoms with Gasteiger partial charge in [0.1, 0.15) is 18.6 Å². The van der Waals surface area contributed by atoms with Crippen LogP contribution in [0.4, 0.5) is 5.82 Å². The van der Waals surface area contributed by atoms with E-state index < -0.39 is 10.5 Å². The number of hydrogen-bond donors (Lipinski definition) is 0. The zero-order chi connectivity index (χ0) is 23.7. The molecule has 1 aromatic heterocycles. The third kappa shape index (κ3) is 5.03. The molecule has 3 aromatic rings. The van der Waals surface area contributed by atoms with Crippen LogP contribution >= 0.6 is 11.6 Å². The van der Waals surface area contributed by atoms with Gasteiger partial charge in [-0.1, -0.05) is 35.9 Å². The van der Waals surface area contributed by atoms with Gasteiger partial charge < -0.3 is 19.6 Å². The summed E-state index contributed by atoms with van der Waals surface area (Å²) in [6.45, 7) is 5.81. The Hall–Kier alpha value is -3.10. The number of aromatic nitrogens is 2. The van der Waals surface area contributed by atoms with Crippen molar-refractivity contribution in [1.29, 1.82) is 0 Å². The lowest BCUT2D eigenvalue weighted by Crippen LogP contribution is -2.38. The summed E-state index contributed by atoms with van der Waals surface area (Å²) in [5.41, 5.74) is 2.02. The second-order valence-electron chi connectivity index (χ2n) is 9.35. The monoisotopic (exact) mass is 482 g/mol. The molecule has 2 aromatic carbocycles. The summed E-state index contributed by atoms with van der Waals surface area (Å²) in [7, 11) is 0. The Morgan fingerprint density at radius 3 is 2.53 bits per heavy atom. The fraction of sp³-hybridized carbons (Fsp3) is 0.400. The lowest BCUT2D eigenvalue weighted by Gasteiger charge is -2.32. The summed E-state index contributed by atoms with van der Waals surface area (Å²) in [4.78, 5) is 16.8. The van der Waals surface area contributed by atoms with E-state index in [0.717, 1.165) is 43.2 Å². The van der Waals surface area contributed by atoms with Crippen molar-refractivity contribution in [2.24, 2.45) is 0 Å². The van der Waals surface area contributed by atoms with E-state index in [9.17, 15) is 10.1 Å². The van der Waals surface area contributed by atoms with E-state index in [1.165, 1.54) is 17.3 Å². The summed E-state index contributed by atoms with van der Waals surface area (Å²) >= 11 is 5.99. The summed E-state index contributed by atoms with van der Waals surface area (Å²) < 4.78 is 13.5. The molecule has 1 saturated heterocycles. The van der Waals surface area contributed by atoms with E-state index in [4.69, 9.17) is 21.1 Å². The molecule has 2 aliphatic heterocycles. The molecule has 1 fully saturated rings. The topological polar surface area (TPSA) is 82.7 Å². The van der Waals surface area contributed by atoms with Crippen LogP contribution in [0.15, 0.2) is 54.7 Å². The van der Waals surface area contributed by atoms with Gasteiger partial charge in [-0.3, -0.25) is 9.47 Å². The molecule has 9 heteroatoms. The zero-order valence-electron chi connectivity index (χ0n) is 19.0. The summed E-state index contributed by atoms with van der Waals surface area (Å²) in [6.07, 6.45) is 3.67. The number of rotatable bonds is 7. The fourth-order valence-corrected chi connectivity index (χ4v) is 4.83. The Kier molecular flexibility index (Phi) is 6.18. The van der Waals surface area contributed by atoms with E-state index in [2.05, 4.69) is 34.1 Å². The quantitative estimate of drug-likeness (QED) is 0.346. The first-order valence-electron chi connectivity index (χ1n) is 11.5. The van der Waals surface area contributed by atoms with Gasteiger partial charge in [-0.25, -0.2) is 0 Å². The first-order chi connectivity index (χ1) is 16.4. The minimum atomic E-state index is -0.618. The maximum Gasteiger partial charge on any atom is 0.415 e. The average molecular weight is 483 g/mol. The van der Waals surface area contributed by atoms with Gasteiger partial charge in [0.15, 0.2) is 5.60 Å². The van der Waals surface area contributed by atoms with Crippen LogP contribution in [0.5, 0.6) is 11.8 Å². The fourth-order valence-electron chi connectivity index (χ4n) is 4.70. The van der Waals surface area contributed by atoms with Gasteiger partial charge in [0.25, 0.3) is 0 Å². The van der Waals surface area contributed by atoms with Gasteiger partial charge in [-0.2, -0.15) is 0 Å². The Morgan fingerprint density at radius 2 is 1.88 bits per heavy atom. The molecule has 34 heavy (non-hydrogen) atoms. The number of imidazole rings is 1. The van der Waals surface area contributed by atoms with Gasteiger partial charge in [-0.05, 0) is 79.1 Å². The lowest BCUT2D eigenvalue weighted by molar-refractivity contribution is -0.389. The van der Waals surface area contributed by atoms with Gasteiger partial charge >= 0.3 is 11.8 Å². The molecule has 1 atom stereocenters. The predicted molar refractivity (Wildman–Crippen MR) is 129 cm³/mol. The van der Waals surface area contributed by atoms with Crippen LogP contribution in [-0.2, 0) is 13.1 Å². The van der Waals surface area contributed by atoms with Crippen LogP contribution in [-0.4, -0.2) is 44.7 Å². The lowest BCUT2D eigenvalue weighted by atomic mass is 9.89.